The number of carbonyl (C=O) groups excluding carboxylic acids is 1. The summed E-state index contributed by atoms with van der Waals surface area (Å²) in [5.74, 6) is -5.98. The number of aliphatic carboxylic acids is 1. The molecule has 0 saturated carbocycles. The molecule has 3 atom stereocenters. The highest BCUT2D eigenvalue weighted by Gasteiger charge is 2.43. The van der Waals surface area contributed by atoms with Crippen molar-refractivity contribution in [2.45, 2.75) is 38.0 Å². The minimum atomic E-state index is -1.38. The highest BCUT2D eigenvalue weighted by atomic mass is 19.2. The molecule has 2 aliphatic rings. The summed E-state index contributed by atoms with van der Waals surface area (Å²) < 4.78 is 46.5. The Balaban J connectivity index is 1.55. The maximum absolute atomic E-state index is 13.9. The number of aliphatic hydroxyl groups excluding tert-OH is 1. The van der Waals surface area contributed by atoms with Crippen LogP contribution in [0.15, 0.2) is 42.0 Å². The molecule has 0 spiro atoms. The molecule has 2 aliphatic heterocycles. The van der Waals surface area contributed by atoms with Gasteiger partial charge in [0.25, 0.3) is 0 Å². The van der Waals surface area contributed by atoms with Gasteiger partial charge in [-0.3, -0.25) is 4.79 Å². The van der Waals surface area contributed by atoms with Gasteiger partial charge in [-0.25, -0.2) is 13.6 Å². The van der Waals surface area contributed by atoms with Gasteiger partial charge < -0.3 is 25.2 Å². The van der Waals surface area contributed by atoms with Crippen molar-refractivity contribution in [3.63, 3.8) is 0 Å². The zero-order chi connectivity index (χ0) is 25.3. The number of hydrogen-bond donors (Lipinski definition) is 3. The molecule has 10 heteroatoms. The van der Waals surface area contributed by atoms with Crippen molar-refractivity contribution in [1.82, 2.24) is 10.2 Å². The third kappa shape index (κ3) is 4.89. The number of fused-ring (bicyclic) bond motifs is 2. The number of benzene rings is 2. The molecule has 0 aliphatic carbocycles. The average Bonchev–Trinajstić information content (AvgIpc) is 2.83. The largest absolute Gasteiger partial charge is 0.484 e. The quantitative estimate of drug-likeness (QED) is 0.516. The molecule has 4 rings (SSSR count). The van der Waals surface area contributed by atoms with Crippen LogP contribution in [0.3, 0.4) is 0 Å². The molecule has 1 saturated heterocycles. The standard InChI is InChI=1S/C25H25F3N2O5/c1-13(35-24-19(27)7-6-18(26)23(24)28)8-14-2-4-15(5-3-14)17-9-16-10-29-11-20(22(17)25(33)34)30(16)21(32)12-31/h2-7,13,16,20,29,31H,8-12H2,1H3,(H,33,34). The van der Waals surface area contributed by atoms with Gasteiger partial charge in [0.15, 0.2) is 17.4 Å². The Morgan fingerprint density at radius 3 is 2.46 bits per heavy atom. The van der Waals surface area contributed by atoms with Gasteiger partial charge in [-0.15, -0.1) is 0 Å². The van der Waals surface area contributed by atoms with Crippen molar-refractivity contribution in [3.05, 3.63) is 70.5 Å². The number of nitrogens with zero attached hydrogens (tertiary/aromatic N) is 1. The van der Waals surface area contributed by atoms with Crippen LogP contribution in [0.1, 0.15) is 24.5 Å². The molecule has 0 radical (unpaired) electrons. The van der Waals surface area contributed by atoms with Crippen molar-refractivity contribution in [1.29, 1.82) is 0 Å². The Kier molecular flexibility index (Phi) is 7.13. The van der Waals surface area contributed by atoms with Crippen LogP contribution >= 0.6 is 0 Å². The van der Waals surface area contributed by atoms with Gasteiger partial charge in [0.1, 0.15) is 12.7 Å². The average molecular weight is 490 g/mol. The molecule has 3 N–H and O–H groups in total. The fraction of sp³-hybridized carbons (Fsp3) is 0.360. The number of hydrogen-bond acceptors (Lipinski definition) is 5. The van der Waals surface area contributed by atoms with Crippen molar-refractivity contribution in [3.8, 4) is 5.75 Å². The molecule has 186 valence electrons. The van der Waals surface area contributed by atoms with Crippen LogP contribution in [-0.2, 0) is 16.0 Å². The molecular weight excluding hydrogens is 465 g/mol. The van der Waals surface area contributed by atoms with E-state index in [0.717, 1.165) is 11.6 Å². The number of nitrogens with one attached hydrogen (secondary N) is 1. The summed E-state index contributed by atoms with van der Waals surface area (Å²) in [5.41, 5.74) is 2.19. The molecule has 35 heavy (non-hydrogen) atoms. The Morgan fingerprint density at radius 1 is 1.11 bits per heavy atom. The Morgan fingerprint density at radius 2 is 1.80 bits per heavy atom. The van der Waals surface area contributed by atoms with E-state index in [0.29, 0.717) is 30.2 Å². The third-order valence-electron chi connectivity index (χ3n) is 6.35. The van der Waals surface area contributed by atoms with E-state index >= 15 is 0 Å². The first-order chi connectivity index (χ1) is 16.7. The number of ether oxygens (including phenoxy) is 1. The lowest BCUT2D eigenvalue weighted by Gasteiger charge is -2.47. The molecule has 2 heterocycles. The van der Waals surface area contributed by atoms with Crippen LogP contribution in [0.4, 0.5) is 13.2 Å². The van der Waals surface area contributed by atoms with Crippen LogP contribution in [-0.4, -0.2) is 64.9 Å². The van der Waals surface area contributed by atoms with E-state index in [9.17, 15) is 33.0 Å². The van der Waals surface area contributed by atoms with Crippen molar-refractivity contribution < 1.29 is 37.7 Å². The molecule has 7 nitrogen and oxygen atoms in total. The van der Waals surface area contributed by atoms with E-state index in [1.165, 1.54) is 4.90 Å². The maximum atomic E-state index is 13.9. The Labute approximate surface area is 199 Å². The fourth-order valence-electron chi connectivity index (χ4n) is 4.83. The molecular formula is C25H25F3N2O5. The number of carbonyl (C=O) groups is 2. The lowest BCUT2D eigenvalue weighted by Crippen LogP contribution is -2.63. The number of carboxylic acids is 1. The first-order valence-corrected chi connectivity index (χ1v) is 11.2. The van der Waals surface area contributed by atoms with E-state index in [4.69, 9.17) is 4.74 Å². The van der Waals surface area contributed by atoms with Crippen LogP contribution in [0.2, 0.25) is 0 Å². The minimum absolute atomic E-state index is 0.108. The van der Waals surface area contributed by atoms with Crippen molar-refractivity contribution in [2.75, 3.05) is 19.7 Å². The first-order valence-electron chi connectivity index (χ1n) is 11.2. The second-order valence-corrected chi connectivity index (χ2v) is 8.69. The topological polar surface area (TPSA) is 99.1 Å². The number of halogens is 3. The lowest BCUT2D eigenvalue weighted by molar-refractivity contribution is -0.141. The van der Waals surface area contributed by atoms with Gasteiger partial charge in [0, 0.05) is 25.6 Å². The third-order valence-corrected chi connectivity index (χ3v) is 6.35. The van der Waals surface area contributed by atoms with E-state index < -0.39 is 53.8 Å². The zero-order valence-electron chi connectivity index (χ0n) is 18.9. The molecule has 3 unspecified atom stereocenters. The predicted molar refractivity (Wildman–Crippen MR) is 120 cm³/mol. The summed E-state index contributed by atoms with van der Waals surface area (Å²) in [7, 11) is 0. The predicted octanol–water partition coefficient (Wildman–Crippen LogP) is 2.52. The second-order valence-electron chi connectivity index (χ2n) is 8.69. The zero-order valence-corrected chi connectivity index (χ0v) is 18.9. The van der Waals surface area contributed by atoms with Gasteiger partial charge in [-0.1, -0.05) is 24.3 Å². The van der Waals surface area contributed by atoms with Crippen LogP contribution in [0.5, 0.6) is 5.75 Å². The molecule has 2 aromatic carbocycles. The maximum Gasteiger partial charge on any atom is 0.334 e. The van der Waals surface area contributed by atoms with Gasteiger partial charge in [-0.2, -0.15) is 4.39 Å². The summed E-state index contributed by atoms with van der Waals surface area (Å²) >= 11 is 0. The summed E-state index contributed by atoms with van der Waals surface area (Å²) in [5, 5.41) is 22.4. The van der Waals surface area contributed by atoms with Crippen LogP contribution < -0.4 is 10.1 Å². The SMILES string of the molecule is CC(Cc1ccc(C2=C(C(=O)O)C3CNCC(C2)N3C(=O)CO)cc1)Oc1c(F)ccc(F)c1F. The Hall–Kier alpha value is -3.37. The number of carboxylic acid groups (broad SMARTS) is 1. The van der Waals surface area contributed by atoms with E-state index in [2.05, 4.69) is 5.32 Å². The first kappa shape index (κ1) is 24.7. The monoisotopic (exact) mass is 490 g/mol. The fourth-order valence-corrected chi connectivity index (χ4v) is 4.83. The molecule has 0 aromatic heterocycles. The Bertz CT molecular complexity index is 1170. The molecule has 2 bridgehead atoms. The number of rotatable bonds is 7. The molecule has 2 aromatic rings. The van der Waals surface area contributed by atoms with Crippen LogP contribution in [0, 0.1) is 17.5 Å². The summed E-state index contributed by atoms with van der Waals surface area (Å²) in [6, 6.07) is 7.56. The van der Waals surface area contributed by atoms with Crippen LogP contribution in [0.25, 0.3) is 5.57 Å². The van der Waals surface area contributed by atoms with Gasteiger partial charge >= 0.3 is 5.97 Å². The second kappa shape index (κ2) is 10.1. The van der Waals surface area contributed by atoms with Crippen molar-refractivity contribution >= 4 is 17.4 Å². The van der Waals surface area contributed by atoms with E-state index in [1.807, 2.05) is 0 Å². The summed E-state index contributed by atoms with van der Waals surface area (Å²) in [6.45, 7) is 1.67. The summed E-state index contributed by atoms with van der Waals surface area (Å²) in [4.78, 5) is 25.9. The van der Waals surface area contributed by atoms with Crippen molar-refractivity contribution in [2.24, 2.45) is 0 Å². The van der Waals surface area contributed by atoms with Gasteiger partial charge in [0.05, 0.1) is 11.6 Å². The normalized spacial score (nSPS) is 20.5. The molecule has 1 fully saturated rings. The smallest absolute Gasteiger partial charge is 0.334 e. The molecule has 1 amide bonds. The number of amides is 1. The minimum Gasteiger partial charge on any atom is -0.484 e. The lowest BCUT2D eigenvalue weighted by atomic mass is 9.82. The van der Waals surface area contributed by atoms with E-state index in [-0.39, 0.29) is 24.6 Å². The van der Waals surface area contributed by atoms with Gasteiger partial charge in [-0.05, 0) is 42.2 Å². The highest BCUT2D eigenvalue weighted by Crippen LogP contribution is 2.37. The summed E-state index contributed by atoms with van der Waals surface area (Å²) in [6.07, 6.45) is -0.0823. The highest BCUT2D eigenvalue weighted by molar-refractivity contribution is 6.00. The number of aliphatic hydroxyl groups is 1. The van der Waals surface area contributed by atoms with Gasteiger partial charge in [0.2, 0.25) is 11.7 Å². The number of piperazine rings is 1. The van der Waals surface area contributed by atoms with E-state index in [1.54, 1.807) is 31.2 Å².